The minimum atomic E-state index is -4.55. The van der Waals surface area contributed by atoms with Crippen LogP contribution in [0.25, 0.3) is 34.0 Å². The fraction of sp³-hybridized carbons (Fsp3) is 0.276. The molecule has 1 saturated heterocycles. The second-order valence-corrected chi connectivity index (χ2v) is 9.42. The van der Waals surface area contributed by atoms with E-state index in [1.165, 1.54) is 11.6 Å². The quantitative estimate of drug-likeness (QED) is 0.290. The molecule has 38 heavy (non-hydrogen) atoms. The standard InChI is InChI=1S/C29H26F3N3O3/c30-29(31,32)25-18-23(10-11-24(25)21-4-2-1-3-5-21)28-34-33-27(38-28)22-8-6-19(7-9-22)20-12-15-35(16-13-20)17-14-26(36)37/h1-11,18,20H,12-17H2,(H,36,37). The van der Waals surface area contributed by atoms with E-state index in [4.69, 9.17) is 9.52 Å². The molecule has 0 atom stereocenters. The highest BCUT2D eigenvalue weighted by molar-refractivity contribution is 5.72. The number of hydrogen-bond acceptors (Lipinski definition) is 5. The Morgan fingerprint density at radius 1 is 0.895 bits per heavy atom. The highest BCUT2D eigenvalue weighted by atomic mass is 19.4. The van der Waals surface area contributed by atoms with Crippen molar-refractivity contribution in [2.45, 2.75) is 31.4 Å². The molecular formula is C29H26F3N3O3. The Labute approximate surface area is 217 Å². The van der Waals surface area contributed by atoms with Crippen molar-refractivity contribution in [3.8, 4) is 34.0 Å². The van der Waals surface area contributed by atoms with Crippen LogP contribution in [0.2, 0.25) is 0 Å². The van der Waals surface area contributed by atoms with Crippen molar-refractivity contribution in [3.63, 3.8) is 0 Å². The number of carbonyl (C=O) groups is 1. The number of halogens is 3. The van der Waals surface area contributed by atoms with E-state index in [0.29, 0.717) is 23.6 Å². The number of piperidine rings is 1. The summed E-state index contributed by atoms with van der Waals surface area (Å²) in [5.41, 5.74) is 1.86. The normalized spacial score (nSPS) is 15.0. The van der Waals surface area contributed by atoms with Crippen LogP contribution in [0.4, 0.5) is 13.2 Å². The summed E-state index contributed by atoms with van der Waals surface area (Å²) in [4.78, 5) is 13.0. The first-order chi connectivity index (χ1) is 18.3. The molecule has 1 aliphatic rings. The number of rotatable bonds is 7. The molecule has 0 bridgehead atoms. The van der Waals surface area contributed by atoms with Crippen LogP contribution in [0, 0.1) is 0 Å². The lowest BCUT2D eigenvalue weighted by Gasteiger charge is -2.31. The lowest BCUT2D eigenvalue weighted by atomic mass is 9.89. The van der Waals surface area contributed by atoms with Crippen molar-refractivity contribution in [3.05, 3.63) is 83.9 Å². The van der Waals surface area contributed by atoms with Gasteiger partial charge in [-0.15, -0.1) is 10.2 Å². The SMILES string of the molecule is O=C(O)CCN1CCC(c2ccc(-c3nnc(-c4ccc(-c5ccccc5)c(C(F)(F)F)c4)o3)cc2)CC1. The Morgan fingerprint density at radius 2 is 1.53 bits per heavy atom. The Bertz CT molecular complexity index is 1390. The first-order valence-corrected chi connectivity index (χ1v) is 12.4. The van der Waals surface area contributed by atoms with E-state index < -0.39 is 17.7 Å². The molecule has 0 amide bonds. The molecule has 196 valence electrons. The topological polar surface area (TPSA) is 79.5 Å². The van der Waals surface area contributed by atoms with Crippen LogP contribution in [-0.2, 0) is 11.0 Å². The van der Waals surface area contributed by atoms with E-state index in [2.05, 4.69) is 15.1 Å². The number of aromatic nitrogens is 2. The van der Waals surface area contributed by atoms with Gasteiger partial charge in [-0.1, -0.05) is 48.5 Å². The predicted octanol–water partition coefficient (Wildman–Crippen LogP) is 6.74. The van der Waals surface area contributed by atoms with Crippen LogP contribution in [0.15, 0.2) is 77.2 Å². The van der Waals surface area contributed by atoms with Gasteiger partial charge in [-0.2, -0.15) is 13.2 Å². The van der Waals surface area contributed by atoms with Gasteiger partial charge in [0.25, 0.3) is 0 Å². The summed E-state index contributed by atoms with van der Waals surface area (Å²) in [5.74, 6) is -0.150. The Balaban J connectivity index is 1.31. The predicted molar refractivity (Wildman–Crippen MR) is 136 cm³/mol. The van der Waals surface area contributed by atoms with Gasteiger partial charge in [0.15, 0.2) is 0 Å². The third kappa shape index (κ3) is 5.78. The minimum absolute atomic E-state index is 0.0166. The van der Waals surface area contributed by atoms with Gasteiger partial charge in [0.05, 0.1) is 12.0 Å². The molecule has 0 unspecified atom stereocenters. The molecule has 6 nitrogen and oxygen atoms in total. The van der Waals surface area contributed by atoms with Crippen molar-refractivity contribution in [1.82, 2.24) is 15.1 Å². The van der Waals surface area contributed by atoms with Crippen LogP contribution in [0.1, 0.15) is 36.3 Å². The third-order valence-electron chi connectivity index (χ3n) is 6.94. The molecule has 0 spiro atoms. The summed E-state index contributed by atoms with van der Waals surface area (Å²) in [6.07, 6.45) is -2.50. The number of aliphatic carboxylic acids is 1. The first kappa shape index (κ1) is 25.7. The lowest BCUT2D eigenvalue weighted by molar-refractivity contribution is -0.138. The molecule has 1 aromatic heterocycles. The zero-order valence-corrected chi connectivity index (χ0v) is 20.5. The van der Waals surface area contributed by atoms with Crippen molar-refractivity contribution in [2.24, 2.45) is 0 Å². The minimum Gasteiger partial charge on any atom is -0.481 e. The maximum atomic E-state index is 13.9. The molecule has 0 radical (unpaired) electrons. The molecule has 9 heteroatoms. The molecule has 3 aromatic carbocycles. The van der Waals surface area contributed by atoms with Gasteiger partial charge in [0, 0.05) is 17.7 Å². The fourth-order valence-corrected chi connectivity index (χ4v) is 4.88. The highest BCUT2D eigenvalue weighted by Crippen LogP contribution is 2.39. The molecule has 1 N–H and O–H groups in total. The lowest BCUT2D eigenvalue weighted by Crippen LogP contribution is -2.34. The maximum absolute atomic E-state index is 13.9. The van der Waals surface area contributed by atoms with Gasteiger partial charge in [-0.25, -0.2) is 0 Å². The zero-order valence-electron chi connectivity index (χ0n) is 20.5. The molecule has 1 fully saturated rings. The number of nitrogens with zero attached hydrogens (tertiary/aromatic N) is 3. The Hall–Kier alpha value is -3.98. The van der Waals surface area contributed by atoms with E-state index in [1.54, 1.807) is 36.4 Å². The van der Waals surface area contributed by atoms with Gasteiger partial charge < -0.3 is 14.4 Å². The summed E-state index contributed by atoms with van der Waals surface area (Å²) < 4.78 is 47.4. The number of hydrogen-bond donors (Lipinski definition) is 1. The number of likely N-dealkylation sites (tertiary alicyclic amines) is 1. The first-order valence-electron chi connectivity index (χ1n) is 12.4. The van der Waals surface area contributed by atoms with Crippen molar-refractivity contribution in [2.75, 3.05) is 19.6 Å². The van der Waals surface area contributed by atoms with Crippen LogP contribution >= 0.6 is 0 Å². The third-order valence-corrected chi connectivity index (χ3v) is 6.94. The number of carboxylic acids is 1. The van der Waals surface area contributed by atoms with Gasteiger partial charge >= 0.3 is 12.1 Å². The Morgan fingerprint density at radius 3 is 2.16 bits per heavy atom. The molecule has 1 aliphatic heterocycles. The summed E-state index contributed by atoms with van der Waals surface area (Å²) in [7, 11) is 0. The van der Waals surface area contributed by atoms with Gasteiger partial charge in [0.1, 0.15) is 0 Å². The van der Waals surface area contributed by atoms with Crippen LogP contribution in [-0.4, -0.2) is 45.8 Å². The number of benzene rings is 3. The monoisotopic (exact) mass is 521 g/mol. The highest BCUT2D eigenvalue weighted by Gasteiger charge is 2.34. The van der Waals surface area contributed by atoms with Crippen LogP contribution < -0.4 is 0 Å². The van der Waals surface area contributed by atoms with Gasteiger partial charge in [-0.3, -0.25) is 4.79 Å². The van der Waals surface area contributed by atoms with E-state index in [9.17, 15) is 18.0 Å². The zero-order chi connectivity index (χ0) is 26.7. The van der Waals surface area contributed by atoms with Crippen LogP contribution in [0.3, 0.4) is 0 Å². The fourth-order valence-electron chi connectivity index (χ4n) is 4.88. The summed E-state index contributed by atoms with van der Waals surface area (Å²) in [6, 6.07) is 20.2. The average molecular weight is 522 g/mol. The average Bonchev–Trinajstić information content (AvgIpc) is 3.42. The number of carboxylic acid groups (broad SMARTS) is 1. The Kier molecular flexibility index (Phi) is 7.28. The molecule has 4 aromatic rings. The molecule has 0 aliphatic carbocycles. The van der Waals surface area contributed by atoms with Crippen molar-refractivity contribution < 1.29 is 27.5 Å². The second kappa shape index (κ2) is 10.8. The van der Waals surface area contributed by atoms with E-state index in [0.717, 1.165) is 32.0 Å². The van der Waals surface area contributed by atoms with E-state index in [-0.39, 0.29) is 29.3 Å². The molecule has 2 heterocycles. The number of alkyl halides is 3. The summed E-state index contributed by atoms with van der Waals surface area (Å²) in [5, 5.41) is 16.9. The van der Waals surface area contributed by atoms with Gasteiger partial charge in [-0.05, 0) is 72.8 Å². The summed E-state index contributed by atoms with van der Waals surface area (Å²) >= 11 is 0. The van der Waals surface area contributed by atoms with Crippen LogP contribution in [0.5, 0.6) is 0 Å². The molecular weight excluding hydrogens is 495 g/mol. The van der Waals surface area contributed by atoms with E-state index in [1.807, 2.05) is 24.3 Å². The molecule has 5 rings (SSSR count). The maximum Gasteiger partial charge on any atom is 0.417 e. The second-order valence-electron chi connectivity index (χ2n) is 9.42. The van der Waals surface area contributed by atoms with Crippen molar-refractivity contribution in [1.29, 1.82) is 0 Å². The summed E-state index contributed by atoms with van der Waals surface area (Å²) in [6.45, 7) is 2.28. The smallest absolute Gasteiger partial charge is 0.417 e. The van der Waals surface area contributed by atoms with Crippen molar-refractivity contribution >= 4 is 5.97 Å². The van der Waals surface area contributed by atoms with Gasteiger partial charge in [0.2, 0.25) is 11.8 Å². The largest absolute Gasteiger partial charge is 0.481 e. The molecule has 0 saturated carbocycles. The van der Waals surface area contributed by atoms with E-state index >= 15 is 0 Å².